The van der Waals surface area contributed by atoms with Gasteiger partial charge in [0.15, 0.2) is 11.6 Å². The van der Waals surface area contributed by atoms with E-state index in [2.05, 4.69) is 24.5 Å². The van der Waals surface area contributed by atoms with E-state index in [0.717, 1.165) is 77.7 Å². The Bertz CT molecular complexity index is 1640. The van der Waals surface area contributed by atoms with Crippen molar-refractivity contribution in [2.24, 2.45) is 5.41 Å². The number of rotatable bonds is 11. The molecule has 5 aliphatic heterocycles. The van der Waals surface area contributed by atoms with Crippen LogP contribution in [0.25, 0.3) is 0 Å². The lowest BCUT2D eigenvalue weighted by atomic mass is 9.72. The normalized spacial score (nSPS) is 27.2. The number of aromatic nitrogens is 2. The van der Waals surface area contributed by atoms with E-state index in [1.54, 1.807) is 15.4 Å². The van der Waals surface area contributed by atoms with Crippen LogP contribution in [0.4, 0.5) is 10.2 Å². The average molecular weight is 730 g/mol. The molecule has 0 radical (unpaired) electrons. The molecule has 5 saturated heterocycles. The topological polar surface area (TPSA) is 130 Å². The van der Waals surface area contributed by atoms with Crippen LogP contribution in [0.3, 0.4) is 0 Å². The molecule has 51 heavy (non-hydrogen) atoms. The van der Waals surface area contributed by atoms with E-state index in [1.165, 1.54) is 24.5 Å². The van der Waals surface area contributed by atoms with Gasteiger partial charge >= 0.3 is 0 Å². The number of halogens is 1. The maximum atomic E-state index is 14.5. The van der Waals surface area contributed by atoms with E-state index in [-0.39, 0.29) is 52.9 Å². The zero-order valence-electron chi connectivity index (χ0n) is 30.0. The fourth-order valence-electron chi connectivity index (χ4n) is 8.51. The van der Waals surface area contributed by atoms with E-state index in [1.807, 2.05) is 20.8 Å². The van der Waals surface area contributed by atoms with Crippen LogP contribution in [-0.4, -0.2) is 128 Å². The van der Waals surface area contributed by atoms with E-state index in [0.29, 0.717) is 37.9 Å². The molecule has 1 aromatic heterocycles. The molecule has 5 aliphatic rings. The molecule has 0 saturated carbocycles. The van der Waals surface area contributed by atoms with Gasteiger partial charge in [-0.3, -0.25) is 4.79 Å². The molecule has 7 rings (SSSR count). The van der Waals surface area contributed by atoms with Crippen molar-refractivity contribution in [2.75, 3.05) is 64.0 Å². The zero-order valence-corrected chi connectivity index (χ0v) is 30.8. The SMILES string of the molecule is CC(C)N(C(=O)c1cc(F)ccc1Oc1cncnc1N1CC2(CCN(C[C@@H]3CC[C@@H](NS(=O)(=O)N4CCC[C@@H]4C)CO3)CC2)C1)C1CCOC1. The largest absolute Gasteiger partial charge is 0.451 e. The molecular weight excluding hydrogens is 678 g/mol. The van der Waals surface area contributed by atoms with Crippen molar-refractivity contribution in [3.8, 4) is 11.5 Å². The number of ether oxygens (including phenoxy) is 3. The first kappa shape index (κ1) is 36.4. The van der Waals surface area contributed by atoms with Crippen LogP contribution in [0.5, 0.6) is 11.5 Å². The Morgan fingerprint density at radius 1 is 1.12 bits per heavy atom. The zero-order chi connectivity index (χ0) is 35.8. The van der Waals surface area contributed by atoms with Crippen LogP contribution < -0.4 is 14.4 Å². The second-order valence-corrected chi connectivity index (χ2v) is 17.0. The van der Waals surface area contributed by atoms with Gasteiger partial charge in [-0.25, -0.2) is 14.4 Å². The van der Waals surface area contributed by atoms with Gasteiger partial charge in [-0.05, 0) is 97.0 Å². The molecule has 6 heterocycles. The summed E-state index contributed by atoms with van der Waals surface area (Å²) in [6.45, 7) is 12.4. The summed E-state index contributed by atoms with van der Waals surface area (Å²) in [7, 11) is -3.48. The number of hydrogen-bond donors (Lipinski definition) is 1. The first-order valence-corrected chi connectivity index (χ1v) is 20.0. The molecule has 1 unspecified atom stereocenters. The van der Waals surface area contributed by atoms with Crippen molar-refractivity contribution in [3.05, 3.63) is 42.1 Å². The highest BCUT2D eigenvalue weighted by Crippen LogP contribution is 2.45. The maximum Gasteiger partial charge on any atom is 0.280 e. The van der Waals surface area contributed by atoms with Crippen LogP contribution in [-0.2, 0) is 19.7 Å². The molecule has 15 heteroatoms. The second kappa shape index (κ2) is 15.2. The highest BCUT2D eigenvalue weighted by molar-refractivity contribution is 7.87. The molecule has 1 amide bonds. The molecule has 4 atom stereocenters. The average Bonchev–Trinajstić information content (AvgIpc) is 3.79. The number of carbonyl (C=O) groups excluding carboxylic acids is 1. The number of likely N-dealkylation sites (tertiary alicyclic amines) is 1. The number of nitrogens with one attached hydrogen (secondary N) is 1. The van der Waals surface area contributed by atoms with Crippen LogP contribution in [0.15, 0.2) is 30.7 Å². The summed E-state index contributed by atoms with van der Waals surface area (Å²) in [5.74, 6) is 0.548. The highest BCUT2D eigenvalue weighted by atomic mass is 32.2. The number of anilines is 1. The Morgan fingerprint density at radius 2 is 1.92 bits per heavy atom. The standard InChI is InChI=1S/C36H52FN7O6S/c1-25(2)44(29-10-16-48-21-29)35(45)31-17-27(37)6-9-32(31)50-33-18-38-24-39-34(33)42-22-36(23-42)11-14-41(15-12-36)19-30-8-7-28(20-49-30)40-51(46,47)43-13-4-5-26(43)3/h6,9,17-18,24-26,28-30,40H,4-5,7-8,10-16,19-23H2,1-3H3/t26-,28+,29?,30-/m0/s1. The van der Waals surface area contributed by atoms with Crippen LogP contribution in [0, 0.1) is 11.2 Å². The first-order chi connectivity index (χ1) is 24.5. The van der Waals surface area contributed by atoms with Gasteiger partial charge in [-0.2, -0.15) is 17.4 Å². The molecule has 1 spiro atoms. The molecule has 280 valence electrons. The third-order valence-corrected chi connectivity index (χ3v) is 13.1. The molecule has 1 N–H and O–H groups in total. The van der Waals surface area contributed by atoms with Gasteiger partial charge in [-0.15, -0.1) is 0 Å². The number of nitrogens with zero attached hydrogens (tertiary/aromatic N) is 6. The van der Waals surface area contributed by atoms with Crippen molar-refractivity contribution < 1.29 is 31.8 Å². The highest BCUT2D eigenvalue weighted by Gasteiger charge is 2.46. The molecule has 13 nitrogen and oxygen atoms in total. The molecule has 1 aromatic carbocycles. The van der Waals surface area contributed by atoms with E-state index >= 15 is 0 Å². The minimum Gasteiger partial charge on any atom is -0.451 e. The Morgan fingerprint density at radius 3 is 2.59 bits per heavy atom. The second-order valence-electron chi connectivity index (χ2n) is 15.4. The summed E-state index contributed by atoms with van der Waals surface area (Å²) in [4.78, 5) is 29.1. The quantitative estimate of drug-likeness (QED) is 0.365. The van der Waals surface area contributed by atoms with Crippen molar-refractivity contribution >= 4 is 21.9 Å². The summed E-state index contributed by atoms with van der Waals surface area (Å²) >= 11 is 0. The first-order valence-electron chi connectivity index (χ1n) is 18.6. The Kier molecular flexibility index (Phi) is 10.8. The fourth-order valence-corrected chi connectivity index (χ4v) is 10.2. The minimum absolute atomic E-state index is 0.0477. The van der Waals surface area contributed by atoms with Gasteiger partial charge in [0.25, 0.3) is 16.1 Å². The van der Waals surface area contributed by atoms with Gasteiger partial charge in [0.1, 0.15) is 17.9 Å². The van der Waals surface area contributed by atoms with Crippen LogP contribution in [0.2, 0.25) is 0 Å². The molecule has 2 aromatic rings. The number of amides is 1. The van der Waals surface area contributed by atoms with Crippen molar-refractivity contribution in [2.45, 2.75) is 96.0 Å². The Hall–Kier alpha value is -2.95. The van der Waals surface area contributed by atoms with Crippen molar-refractivity contribution in [1.29, 1.82) is 0 Å². The lowest BCUT2D eigenvalue weighted by Crippen LogP contribution is -2.61. The smallest absolute Gasteiger partial charge is 0.280 e. The van der Waals surface area contributed by atoms with Gasteiger partial charge in [0, 0.05) is 56.3 Å². The predicted octanol–water partition coefficient (Wildman–Crippen LogP) is 3.82. The number of piperidine rings is 1. The summed E-state index contributed by atoms with van der Waals surface area (Å²) < 4.78 is 62.8. The summed E-state index contributed by atoms with van der Waals surface area (Å²) in [6, 6.07) is 3.73. The van der Waals surface area contributed by atoms with Crippen molar-refractivity contribution in [1.82, 2.24) is 28.8 Å². The maximum absolute atomic E-state index is 14.5. The van der Waals surface area contributed by atoms with Gasteiger partial charge in [0.2, 0.25) is 0 Å². The summed E-state index contributed by atoms with van der Waals surface area (Å²) in [6.07, 6.45) is 9.48. The van der Waals surface area contributed by atoms with Gasteiger partial charge < -0.3 is 28.9 Å². The Labute approximate surface area is 301 Å². The van der Waals surface area contributed by atoms with Gasteiger partial charge in [-0.1, -0.05) is 0 Å². The van der Waals surface area contributed by atoms with Crippen molar-refractivity contribution in [3.63, 3.8) is 0 Å². The minimum atomic E-state index is -3.48. The Balaban J connectivity index is 0.916. The monoisotopic (exact) mass is 729 g/mol. The van der Waals surface area contributed by atoms with Gasteiger partial charge in [0.05, 0.1) is 37.1 Å². The number of benzene rings is 1. The van der Waals surface area contributed by atoms with E-state index in [9.17, 15) is 17.6 Å². The molecule has 0 aliphatic carbocycles. The third-order valence-electron chi connectivity index (χ3n) is 11.4. The summed E-state index contributed by atoms with van der Waals surface area (Å²) in [5.41, 5.74) is 0.341. The van der Waals surface area contributed by atoms with Crippen LogP contribution >= 0.6 is 0 Å². The van der Waals surface area contributed by atoms with Crippen LogP contribution in [0.1, 0.15) is 76.1 Å². The number of hydrogen-bond acceptors (Lipinski definition) is 10. The molecular formula is C36H52FN7O6S. The fraction of sp³-hybridized carbons (Fsp3) is 0.694. The third kappa shape index (κ3) is 8.03. The van der Waals surface area contributed by atoms with E-state index in [4.69, 9.17) is 14.2 Å². The van der Waals surface area contributed by atoms with E-state index < -0.39 is 16.0 Å². The predicted molar refractivity (Wildman–Crippen MR) is 190 cm³/mol. The lowest BCUT2D eigenvalue weighted by Gasteiger charge is -2.54. The summed E-state index contributed by atoms with van der Waals surface area (Å²) in [5, 5.41) is 0. The lowest BCUT2D eigenvalue weighted by molar-refractivity contribution is -0.0301. The molecule has 5 fully saturated rings. The molecule has 0 bridgehead atoms. The number of carbonyl (C=O) groups is 1.